The Bertz CT molecular complexity index is 6950. The van der Waals surface area contributed by atoms with Crippen LogP contribution in [0.4, 0.5) is 34.1 Å². The molecule has 0 unspecified atom stereocenters. The van der Waals surface area contributed by atoms with Crippen LogP contribution < -0.4 is 26.2 Å². The van der Waals surface area contributed by atoms with Gasteiger partial charge in [0.25, 0.3) is 6.71 Å². The molecule has 2 aliphatic heterocycles. The summed E-state index contributed by atoms with van der Waals surface area (Å²) in [4.78, 5) is 4.45. The van der Waals surface area contributed by atoms with Gasteiger partial charge in [-0.1, -0.05) is 327 Å². The van der Waals surface area contributed by atoms with Gasteiger partial charge in [0.2, 0.25) is 0 Å². The van der Waals surface area contributed by atoms with Gasteiger partial charge in [-0.15, -0.1) is 0 Å². The van der Waals surface area contributed by atoms with E-state index in [0.717, 1.165) is 55.5 Å². The molecular formula is C108H111BN4. The van der Waals surface area contributed by atoms with Gasteiger partial charge in [0.15, 0.2) is 0 Å². The van der Waals surface area contributed by atoms with E-state index >= 15 is 0 Å². The third-order valence-corrected chi connectivity index (χ3v) is 22.4. The van der Waals surface area contributed by atoms with Crippen LogP contribution in [-0.2, 0) is 39.8 Å². The predicted molar refractivity (Wildman–Crippen MR) is 491 cm³/mol. The monoisotopic (exact) mass is 1500 g/mol. The normalized spacial score (nSPS) is 16.3. The maximum atomic E-state index is 10.7. The minimum absolute atomic E-state index is 0.108. The molecule has 0 radical (unpaired) electrons. The van der Waals surface area contributed by atoms with E-state index in [2.05, 4.69) is 186 Å². The molecule has 15 aromatic rings. The summed E-state index contributed by atoms with van der Waals surface area (Å²) in [7, 11) is 0. The number of fused-ring (bicyclic) bond motifs is 10. The van der Waals surface area contributed by atoms with Crippen molar-refractivity contribution in [3.63, 3.8) is 0 Å². The zero-order valence-corrected chi connectivity index (χ0v) is 69.0. The Kier molecular flexibility index (Phi) is 13.0. The zero-order chi connectivity index (χ0) is 97.1. The zero-order valence-electron chi connectivity index (χ0n) is 89.0. The number of benzene rings is 13. The Morgan fingerprint density at radius 3 is 0.867 bits per heavy atom. The van der Waals surface area contributed by atoms with Crippen LogP contribution in [0, 0.1) is 10.8 Å². The summed E-state index contributed by atoms with van der Waals surface area (Å²) in [6, 6.07) is 48.4. The number of rotatable bonds is 10. The highest BCUT2D eigenvalue weighted by Crippen LogP contribution is 2.54. The van der Waals surface area contributed by atoms with Crippen LogP contribution in [0.5, 0.6) is 0 Å². The molecule has 0 atom stereocenters. The van der Waals surface area contributed by atoms with Crippen LogP contribution in [0.1, 0.15) is 212 Å². The smallest absolute Gasteiger partial charge is 0.252 e. The average molecular weight is 1500 g/mol. The first-order chi connectivity index (χ1) is 61.6. The van der Waals surface area contributed by atoms with Crippen molar-refractivity contribution in [2.24, 2.45) is 10.8 Å². The summed E-state index contributed by atoms with van der Waals surface area (Å²) in [5.41, 5.74) is 11.7. The van der Waals surface area contributed by atoms with E-state index in [1.807, 2.05) is 139 Å². The second-order valence-corrected chi connectivity index (χ2v) is 38.2. The molecule has 4 nitrogen and oxygen atoms in total. The summed E-state index contributed by atoms with van der Waals surface area (Å²) in [6.45, 7) is 42.7. The quantitative estimate of drug-likeness (QED) is 0.127. The minimum Gasteiger partial charge on any atom is -0.311 e. The second-order valence-electron chi connectivity index (χ2n) is 38.2. The van der Waals surface area contributed by atoms with E-state index in [9.17, 15) is 27.4 Å². The molecule has 13 aromatic carbocycles. The molecule has 113 heavy (non-hydrogen) atoms. The van der Waals surface area contributed by atoms with Gasteiger partial charge in [-0.25, -0.2) is 0 Å². The number of anilines is 6. The maximum absolute atomic E-state index is 10.7. The molecule has 0 saturated heterocycles. The van der Waals surface area contributed by atoms with Crippen LogP contribution in [0.15, 0.2) is 267 Å². The summed E-state index contributed by atoms with van der Waals surface area (Å²) in [5.74, 6) is 0. The van der Waals surface area contributed by atoms with Crippen molar-refractivity contribution in [2.75, 3.05) is 9.80 Å². The topological polar surface area (TPSA) is 16.3 Å². The van der Waals surface area contributed by atoms with Gasteiger partial charge < -0.3 is 18.9 Å². The van der Waals surface area contributed by atoms with Crippen molar-refractivity contribution in [3.8, 4) is 55.9 Å². The first-order valence-electron chi connectivity index (χ1n) is 49.5. The van der Waals surface area contributed by atoms with E-state index in [1.54, 1.807) is 0 Å². The van der Waals surface area contributed by atoms with Crippen LogP contribution in [0.25, 0.3) is 99.5 Å². The number of para-hydroxylation sites is 4. The standard InChI is InChI=1S/C108H111BN4/c1-102(2,3)66-72-58-87(70-36-32-40-76(56-70)106(13,14)15)95(64-85(72)68-34-30-38-74(54-68)104(7,8)9)112-97-62-79(110-91-46-26-22-42-81(91)82-43-23-27-47-92(82)110)50-52-89(97)109-90-53-51-80(111-93-48-28-24-44-83(93)84-45-25-29-49-94(84)111)63-98(90)113(100-61-78(108(19,20)21)60-99(112)101(100)109)96-65-86(69-35-31-39-75(55-69)105(10,11)12)73(67-103(4,5)6)59-88(96)71-37-33-41-77(57-71)107(16,17)18/h22-65H,66-67H2,1-21H3/i22D,23D,24D,25D,26D,27D,28D,29D,42D,43D,44D,45D,46D,47D,48D,49D,66D2,67D2. The number of nitrogens with zero attached hydrogens (tertiary/aromatic N) is 4. The van der Waals surface area contributed by atoms with E-state index in [-0.39, 0.29) is 55.0 Å². The fourth-order valence-electron chi connectivity index (χ4n) is 16.7. The highest BCUT2D eigenvalue weighted by molar-refractivity contribution is 7.00. The predicted octanol–water partition coefficient (Wildman–Crippen LogP) is 28.3. The van der Waals surface area contributed by atoms with Gasteiger partial charge in [-0.3, -0.25) is 0 Å². The first kappa shape index (κ1) is 54.7. The lowest BCUT2D eigenvalue weighted by Gasteiger charge is -2.46. The van der Waals surface area contributed by atoms with Crippen LogP contribution in [-0.4, -0.2) is 15.8 Å². The number of hydrogen-bond acceptors (Lipinski definition) is 2. The summed E-state index contributed by atoms with van der Waals surface area (Å²) >= 11 is 0. The Morgan fingerprint density at radius 1 is 0.283 bits per heavy atom. The highest BCUT2D eigenvalue weighted by Gasteiger charge is 2.46. The molecule has 0 fully saturated rings. The SMILES string of the molecule is [2H]c1c([2H])c([2H])c2c(c1[2H])c1c([2H])c([2H])c([2H])c([2H])c1n2-c1ccc2c(c1)N(c1cc(-c3cccc(C(C)(C)C)c3)c(C([2H])([2H])C(C)(C)C)cc1-c1cccc(C(C)(C)C)c1)c1cc(C(C)(C)C)cc3c1B2c1ccc(-n2c4c([2H])c([2H])c([2H])c([2H])c4c4c([2H])c([2H])c([2H])c([2H])c42)cc1N3c1cc(-c2cccc(C(C)(C)C)c2)c(C([2H])([2H])C(C)(C)C)cc1-c1cccc(C(C)(C)C)c1. The maximum Gasteiger partial charge on any atom is 0.252 e. The fraction of sp³-hybridized carbons (Fsp3) is 0.278. The van der Waals surface area contributed by atoms with Gasteiger partial charge in [0.1, 0.15) is 0 Å². The Hall–Kier alpha value is -10.9. The van der Waals surface area contributed by atoms with Gasteiger partial charge >= 0.3 is 0 Å². The van der Waals surface area contributed by atoms with Gasteiger partial charge in [0, 0.05) is 72.3 Å². The lowest BCUT2D eigenvalue weighted by Crippen LogP contribution is -2.61. The van der Waals surface area contributed by atoms with Gasteiger partial charge in [-0.05, 0) is 224 Å². The van der Waals surface area contributed by atoms with Crippen molar-refractivity contribution in [2.45, 2.75) is 185 Å². The molecule has 0 N–H and O–H groups in total. The molecule has 566 valence electrons. The lowest BCUT2D eigenvalue weighted by molar-refractivity contribution is 0.411. The van der Waals surface area contributed by atoms with Crippen molar-refractivity contribution in [1.82, 2.24) is 9.13 Å². The van der Waals surface area contributed by atoms with Gasteiger partial charge in [0.05, 0.1) is 55.4 Å². The minimum atomic E-state index is -2.07. The fourth-order valence-corrected chi connectivity index (χ4v) is 16.7. The Balaban J connectivity index is 1.14. The summed E-state index contributed by atoms with van der Waals surface area (Å²) in [6.07, 6.45) is -4.15. The van der Waals surface area contributed by atoms with E-state index in [0.29, 0.717) is 78.4 Å². The number of aromatic nitrogens is 2. The van der Waals surface area contributed by atoms with Crippen molar-refractivity contribution in [3.05, 3.63) is 305 Å². The second kappa shape index (κ2) is 26.9. The Labute approximate surface area is 701 Å². The molecule has 0 aliphatic carbocycles. The number of hydrogen-bond donors (Lipinski definition) is 0. The third kappa shape index (κ3) is 13.5. The molecule has 5 heteroatoms. The highest BCUT2D eigenvalue weighted by atomic mass is 15.2. The van der Waals surface area contributed by atoms with Gasteiger partial charge in [-0.2, -0.15) is 0 Å². The van der Waals surface area contributed by atoms with Crippen LogP contribution in [0.2, 0.25) is 0 Å². The molecule has 0 bridgehead atoms. The lowest BCUT2D eigenvalue weighted by atomic mass is 9.33. The summed E-state index contributed by atoms with van der Waals surface area (Å²) in [5, 5.41) is -0.489. The van der Waals surface area contributed by atoms with Crippen molar-refractivity contribution in [1.29, 1.82) is 0 Å². The van der Waals surface area contributed by atoms with E-state index < -0.39 is 154 Å². The van der Waals surface area contributed by atoms with Crippen molar-refractivity contribution < 1.29 is 27.4 Å². The van der Waals surface area contributed by atoms with E-state index in [4.69, 9.17) is 0 Å². The Morgan fingerprint density at radius 2 is 0.575 bits per heavy atom. The molecule has 2 aliphatic rings. The van der Waals surface area contributed by atoms with Crippen LogP contribution >= 0.6 is 0 Å². The molecule has 0 saturated carbocycles. The molecule has 17 rings (SSSR count). The summed E-state index contributed by atoms with van der Waals surface area (Å²) < 4.78 is 199. The first-order valence-corrected chi connectivity index (χ1v) is 39.5. The molecule has 0 amide bonds. The average Bonchev–Trinajstić information content (AvgIpc) is 1.50. The molecular weight excluding hydrogens is 1360 g/mol. The molecule has 2 aromatic heterocycles. The molecule has 4 heterocycles. The van der Waals surface area contributed by atoms with Crippen LogP contribution in [0.3, 0.4) is 0 Å². The third-order valence-electron chi connectivity index (χ3n) is 22.4. The molecule has 0 spiro atoms. The van der Waals surface area contributed by atoms with E-state index in [1.165, 1.54) is 9.13 Å². The van der Waals surface area contributed by atoms with Crippen molar-refractivity contribution >= 4 is 101 Å². The largest absolute Gasteiger partial charge is 0.311 e.